The fraction of sp³-hybridized carbons (Fsp3) is 0.118. The smallest absolute Gasteiger partial charge is 0.291 e. The third-order valence-corrected chi connectivity index (χ3v) is 3.68. The van der Waals surface area contributed by atoms with Crippen LogP contribution in [0.2, 0.25) is 0 Å². The number of fused-ring (bicyclic) bond motifs is 1. The van der Waals surface area contributed by atoms with Crippen LogP contribution < -0.4 is 5.32 Å². The van der Waals surface area contributed by atoms with E-state index in [1.54, 1.807) is 6.07 Å². The summed E-state index contributed by atoms with van der Waals surface area (Å²) in [5.74, 6) is 0.0644. The van der Waals surface area contributed by atoms with Gasteiger partial charge >= 0.3 is 0 Å². The van der Waals surface area contributed by atoms with E-state index in [1.807, 2.05) is 44.2 Å². The first kappa shape index (κ1) is 13.9. The van der Waals surface area contributed by atoms with E-state index in [4.69, 9.17) is 4.42 Å². The zero-order valence-corrected chi connectivity index (χ0v) is 13.3. The molecule has 0 spiro atoms. The molecule has 0 radical (unpaired) electrons. The number of amides is 1. The Kier molecular flexibility index (Phi) is 3.55. The number of furan rings is 1. The highest BCUT2D eigenvalue weighted by Crippen LogP contribution is 2.24. The number of carbonyl (C=O) groups excluding carboxylic acids is 1. The van der Waals surface area contributed by atoms with Crippen molar-refractivity contribution in [1.82, 2.24) is 0 Å². The van der Waals surface area contributed by atoms with Gasteiger partial charge in [0.05, 0.1) is 0 Å². The summed E-state index contributed by atoms with van der Waals surface area (Å²) in [5.41, 5.74) is 3.69. The van der Waals surface area contributed by atoms with Gasteiger partial charge in [-0.05, 0) is 61.4 Å². The molecular weight excluding hydrogens is 330 g/mol. The van der Waals surface area contributed by atoms with E-state index in [0.29, 0.717) is 11.3 Å². The lowest BCUT2D eigenvalue weighted by Gasteiger charge is -2.05. The summed E-state index contributed by atoms with van der Waals surface area (Å²) < 4.78 is 6.52. The number of rotatable bonds is 2. The monoisotopic (exact) mass is 343 g/mol. The molecule has 3 rings (SSSR count). The zero-order chi connectivity index (χ0) is 15.0. The SMILES string of the molecule is Cc1cc(C)cc(NC(=O)c2cc3ccc(Br)cc3o2)c1. The number of anilines is 1. The molecule has 0 saturated carbocycles. The number of carbonyl (C=O) groups is 1. The second kappa shape index (κ2) is 5.37. The minimum Gasteiger partial charge on any atom is -0.451 e. The van der Waals surface area contributed by atoms with Crippen LogP contribution >= 0.6 is 15.9 Å². The van der Waals surface area contributed by atoms with Crippen molar-refractivity contribution in [2.24, 2.45) is 0 Å². The number of nitrogens with one attached hydrogen (secondary N) is 1. The maximum Gasteiger partial charge on any atom is 0.291 e. The first-order valence-electron chi connectivity index (χ1n) is 6.60. The molecule has 0 bridgehead atoms. The summed E-state index contributed by atoms with van der Waals surface area (Å²) in [4.78, 5) is 12.3. The molecule has 1 aromatic heterocycles. The van der Waals surface area contributed by atoms with Crippen molar-refractivity contribution < 1.29 is 9.21 Å². The summed E-state index contributed by atoms with van der Waals surface area (Å²) in [7, 11) is 0. The molecule has 0 aliphatic carbocycles. The van der Waals surface area contributed by atoms with Crippen LogP contribution in [0.15, 0.2) is 51.4 Å². The van der Waals surface area contributed by atoms with Gasteiger partial charge in [-0.3, -0.25) is 4.79 Å². The highest BCUT2D eigenvalue weighted by atomic mass is 79.9. The summed E-state index contributed by atoms with van der Waals surface area (Å²) >= 11 is 3.39. The molecule has 1 amide bonds. The Morgan fingerprint density at radius 1 is 1.05 bits per heavy atom. The zero-order valence-electron chi connectivity index (χ0n) is 11.7. The lowest BCUT2D eigenvalue weighted by molar-refractivity contribution is 0.0998. The van der Waals surface area contributed by atoms with Crippen LogP contribution in [0.1, 0.15) is 21.7 Å². The fourth-order valence-electron chi connectivity index (χ4n) is 2.36. The molecule has 1 heterocycles. The van der Waals surface area contributed by atoms with Crippen molar-refractivity contribution in [3.05, 3.63) is 63.8 Å². The Morgan fingerprint density at radius 2 is 1.76 bits per heavy atom. The topological polar surface area (TPSA) is 42.2 Å². The van der Waals surface area contributed by atoms with Crippen molar-refractivity contribution in [3.63, 3.8) is 0 Å². The molecule has 1 N–H and O–H groups in total. The maximum atomic E-state index is 12.3. The Balaban J connectivity index is 1.89. The molecule has 0 atom stereocenters. The van der Waals surface area contributed by atoms with Gasteiger partial charge < -0.3 is 9.73 Å². The third kappa shape index (κ3) is 3.00. The first-order chi connectivity index (χ1) is 10.0. The van der Waals surface area contributed by atoms with Crippen LogP contribution in [0.4, 0.5) is 5.69 Å². The molecule has 0 aliphatic heterocycles. The number of benzene rings is 2. The lowest BCUT2D eigenvalue weighted by Crippen LogP contribution is -2.11. The van der Waals surface area contributed by atoms with Gasteiger partial charge in [0.2, 0.25) is 0 Å². The van der Waals surface area contributed by atoms with E-state index >= 15 is 0 Å². The lowest BCUT2D eigenvalue weighted by atomic mass is 10.1. The van der Waals surface area contributed by atoms with Crippen molar-refractivity contribution >= 4 is 38.5 Å². The Morgan fingerprint density at radius 3 is 2.48 bits per heavy atom. The van der Waals surface area contributed by atoms with E-state index in [2.05, 4.69) is 27.3 Å². The molecule has 0 fully saturated rings. The number of halogens is 1. The molecule has 3 aromatic rings. The van der Waals surface area contributed by atoms with E-state index in [-0.39, 0.29) is 5.91 Å². The average Bonchev–Trinajstić information content (AvgIpc) is 2.80. The van der Waals surface area contributed by atoms with Gasteiger partial charge in [-0.15, -0.1) is 0 Å². The Bertz CT molecular complexity index is 816. The van der Waals surface area contributed by atoms with Crippen molar-refractivity contribution in [3.8, 4) is 0 Å². The fourth-order valence-corrected chi connectivity index (χ4v) is 2.70. The largest absolute Gasteiger partial charge is 0.451 e. The molecule has 106 valence electrons. The molecule has 2 aromatic carbocycles. The highest BCUT2D eigenvalue weighted by Gasteiger charge is 2.13. The normalized spacial score (nSPS) is 10.8. The molecule has 0 saturated heterocycles. The number of hydrogen-bond acceptors (Lipinski definition) is 2. The van der Waals surface area contributed by atoms with E-state index < -0.39 is 0 Å². The molecule has 4 heteroatoms. The molecule has 0 unspecified atom stereocenters. The standard InChI is InChI=1S/C17H14BrNO2/c1-10-5-11(2)7-14(6-10)19-17(20)16-8-12-3-4-13(18)9-15(12)21-16/h3-9H,1-2H3,(H,19,20). The number of hydrogen-bond donors (Lipinski definition) is 1. The van der Waals surface area contributed by atoms with Gasteiger partial charge in [0, 0.05) is 15.5 Å². The highest BCUT2D eigenvalue weighted by molar-refractivity contribution is 9.10. The van der Waals surface area contributed by atoms with E-state index in [9.17, 15) is 4.79 Å². The Labute approximate surface area is 131 Å². The second-order valence-electron chi connectivity index (χ2n) is 5.12. The molecular formula is C17H14BrNO2. The van der Waals surface area contributed by atoms with Crippen LogP contribution in [0.5, 0.6) is 0 Å². The van der Waals surface area contributed by atoms with Crippen LogP contribution in [0, 0.1) is 13.8 Å². The van der Waals surface area contributed by atoms with Crippen LogP contribution in [-0.2, 0) is 0 Å². The average molecular weight is 344 g/mol. The predicted molar refractivity (Wildman–Crippen MR) is 87.8 cm³/mol. The van der Waals surface area contributed by atoms with Gasteiger partial charge in [-0.2, -0.15) is 0 Å². The van der Waals surface area contributed by atoms with Crippen LogP contribution in [-0.4, -0.2) is 5.91 Å². The molecule has 21 heavy (non-hydrogen) atoms. The third-order valence-electron chi connectivity index (χ3n) is 3.19. The molecule has 0 aliphatic rings. The summed E-state index contributed by atoms with van der Waals surface area (Å²) in [6, 6.07) is 13.4. The summed E-state index contributed by atoms with van der Waals surface area (Å²) in [6.07, 6.45) is 0. The summed E-state index contributed by atoms with van der Waals surface area (Å²) in [6.45, 7) is 4.00. The Hall–Kier alpha value is -2.07. The van der Waals surface area contributed by atoms with Gasteiger partial charge in [0.15, 0.2) is 5.76 Å². The summed E-state index contributed by atoms with van der Waals surface area (Å²) in [5, 5.41) is 3.78. The van der Waals surface area contributed by atoms with Crippen LogP contribution in [0.3, 0.4) is 0 Å². The van der Waals surface area contributed by atoms with Crippen molar-refractivity contribution in [2.75, 3.05) is 5.32 Å². The minimum atomic E-state index is -0.243. The van der Waals surface area contributed by atoms with Crippen molar-refractivity contribution in [1.29, 1.82) is 0 Å². The van der Waals surface area contributed by atoms with Gasteiger partial charge in [-0.25, -0.2) is 0 Å². The van der Waals surface area contributed by atoms with Crippen LogP contribution in [0.25, 0.3) is 11.0 Å². The number of aryl methyl sites for hydroxylation is 2. The quantitative estimate of drug-likeness (QED) is 0.706. The van der Waals surface area contributed by atoms with E-state index in [0.717, 1.165) is 26.7 Å². The van der Waals surface area contributed by atoms with E-state index in [1.165, 1.54) is 0 Å². The van der Waals surface area contributed by atoms with Gasteiger partial charge in [0.25, 0.3) is 5.91 Å². The minimum absolute atomic E-state index is 0.243. The molecule has 3 nitrogen and oxygen atoms in total. The van der Waals surface area contributed by atoms with Gasteiger partial charge in [0.1, 0.15) is 5.58 Å². The predicted octanol–water partition coefficient (Wildman–Crippen LogP) is 5.06. The van der Waals surface area contributed by atoms with Crippen molar-refractivity contribution in [2.45, 2.75) is 13.8 Å². The first-order valence-corrected chi connectivity index (χ1v) is 7.39. The second-order valence-corrected chi connectivity index (χ2v) is 6.04. The maximum absolute atomic E-state index is 12.3. The van der Waals surface area contributed by atoms with Gasteiger partial charge in [-0.1, -0.05) is 22.0 Å².